The number of aryl methyl sites for hydroxylation is 1. The molecule has 0 saturated carbocycles. The van der Waals surface area contributed by atoms with Crippen LogP contribution in [0.5, 0.6) is 0 Å². The van der Waals surface area contributed by atoms with Crippen LogP contribution in [0.2, 0.25) is 0 Å². The fourth-order valence-electron chi connectivity index (χ4n) is 4.31. The Kier molecular flexibility index (Phi) is 7.23. The molecule has 0 spiro atoms. The number of hydrogen-bond acceptors (Lipinski definition) is 4. The Morgan fingerprint density at radius 3 is 2.26 bits per heavy atom. The summed E-state index contributed by atoms with van der Waals surface area (Å²) in [4.78, 5) is 28.0. The third-order valence-electron chi connectivity index (χ3n) is 6.40. The van der Waals surface area contributed by atoms with Gasteiger partial charge in [0.25, 0.3) is 11.5 Å². The largest absolute Gasteiger partial charge is 0.336 e. The minimum atomic E-state index is -3.64. The molecule has 2 aromatic carbocycles. The summed E-state index contributed by atoms with van der Waals surface area (Å²) in [7, 11) is -3.64. The van der Waals surface area contributed by atoms with E-state index in [1.54, 1.807) is 29.3 Å². The predicted octanol–water partition coefficient (Wildman–Crippen LogP) is 3.48. The molecule has 1 aliphatic heterocycles. The molecule has 4 rings (SSSR count). The molecule has 2 heterocycles. The van der Waals surface area contributed by atoms with Gasteiger partial charge in [-0.3, -0.25) is 9.59 Å². The van der Waals surface area contributed by atoms with Crippen LogP contribution in [-0.2, 0) is 16.6 Å². The number of aromatic nitrogens is 1. The summed E-state index contributed by atoms with van der Waals surface area (Å²) in [6, 6.07) is 18.1. The van der Waals surface area contributed by atoms with E-state index in [1.165, 1.54) is 14.9 Å². The molecule has 1 amide bonds. The van der Waals surface area contributed by atoms with E-state index in [0.717, 1.165) is 16.7 Å². The van der Waals surface area contributed by atoms with Gasteiger partial charge in [0, 0.05) is 32.4 Å². The van der Waals surface area contributed by atoms with Crippen molar-refractivity contribution in [3.63, 3.8) is 0 Å². The Morgan fingerprint density at radius 1 is 0.943 bits per heavy atom. The van der Waals surface area contributed by atoms with Gasteiger partial charge >= 0.3 is 0 Å². The Balaban J connectivity index is 1.45. The van der Waals surface area contributed by atoms with Crippen LogP contribution in [0.1, 0.15) is 46.8 Å². The van der Waals surface area contributed by atoms with Crippen LogP contribution in [0.25, 0.3) is 0 Å². The topological polar surface area (TPSA) is 79.7 Å². The Morgan fingerprint density at radius 2 is 1.63 bits per heavy atom. The number of carbonyl (C=O) groups excluding carboxylic acids is 1. The van der Waals surface area contributed by atoms with Crippen LogP contribution in [0.3, 0.4) is 0 Å². The molecule has 0 aliphatic carbocycles. The lowest BCUT2D eigenvalue weighted by Gasteiger charge is -2.34. The first kappa shape index (κ1) is 24.9. The number of hydrogen-bond donors (Lipinski definition) is 0. The highest BCUT2D eigenvalue weighted by Gasteiger charge is 2.31. The van der Waals surface area contributed by atoms with Crippen molar-refractivity contribution in [1.82, 2.24) is 13.8 Å². The summed E-state index contributed by atoms with van der Waals surface area (Å²) in [5.74, 6) is -0.0485. The maximum Gasteiger partial charge on any atom is 0.263 e. The number of sulfonamides is 1. The van der Waals surface area contributed by atoms with Crippen molar-refractivity contribution in [2.24, 2.45) is 0 Å². The zero-order valence-electron chi connectivity index (χ0n) is 20.3. The SMILES string of the molecule is Cc1cccc(Cn2cccc(C(=O)N3CCN(S(=O)(=O)c4ccc(C(C)C)cc4)CC3)c2=O)c1. The zero-order chi connectivity index (χ0) is 25.2. The lowest BCUT2D eigenvalue weighted by atomic mass is 10.0. The number of carbonyl (C=O) groups is 1. The third kappa shape index (κ3) is 5.39. The minimum absolute atomic E-state index is 0.0979. The van der Waals surface area contributed by atoms with Gasteiger partial charge in [-0.15, -0.1) is 0 Å². The van der Waals surface area contributed by atoms with Crippen LogP contribution >= 0.6 is 0 Å². The maximum atomic E-state index is 13.2. The second-order valence-corrected chi connectivity index (χ2v) is 11.2. The first-order chi connectivity index (χ1) is 16.7. The monoisotopic (exact) mass is 493 g/mol. The standard InChI is InChI=1S/C27H31N3O4S/c1-20(2)23-9-11-24(12-10-23)35(33,34)30-16-14-28(15-17-30)26(31)25-8-5-13-29(27(25)32)19-22-7-4-6-21(3)18-22/h4-13,18,20H,14-17,19H2,1-3H3. The fraction of sp³-hybridized carbons (Fsp3) is 0.333. The molecule has 184 valence electrons. The minimum Gasteiger partial charge on any atom is -0.336 e. The Bertz CT molecular complexity index is 1370. The normalized spacial score (nSPS) is 14.9. The van der Waals surface area contributed by atoms with Crippen molar-refractivity contribution in [2.45, 2.75) is 38.1 Å². The molecule has 0 atom stereocenters. The van der Waals surface area contributed by atoms with Crippen LogP contribution in [-0.4, -0.2) is 54.3 Å². The number of piperazine rings is 1. The molecule has 0 radical (unpaired) electrons. The highest BCUT2D eigenvalue weighted by molar-refractivity contribution is 7.89. The van der Waals surface area contributed by atoms with E-state index in [1.807, 2.05) is 43.3 Å². The molecule has 0 N–H and O–H groups in total. The van der Waals surface area contributed by atoms with Crippen molar-refractivity contribution in [3.8, 4) is 0 Å². The molecular formula is C27H31N3O4S. The van der Waals surface area contributed by atoms with Gasteiger partial charge < -0.3 is 9.47 Å². The summed E-state index contributed by atoms with van der Waals surface area (Å²) in [6.07, 6.45) is 1.68. The first-order valence-electron chi connectivity index (χ1n) is 11.8. The van der Waals surface area contributed by atoms with E-state index in [4.69, 9.17) is 0 Å². The van der Waals surface area contributed by atoms with Crippen LogP contribution in [0.15, 0.2) is 76.6 Å². The lowest BCUT2D eigenvalue weighted by Crippen LogP contribution is -2.51. The molecule has 8 heteroatoms. The van der Waals surface area contributed by atoms with Crippen molar-refractivity contribution in [1.29, 1.82) is 0 Å². The van der Waals surface area contributed by atoms with Crippen LogP contribution in [0.4, 0.5) is 0 Å². The Labute approximate surface area is 206 Å². The molecule has 0 bridgehead atoms. The van der Waals surface area contributed by atoms with Gasteiger partial charge in [-0.25, -0.2) is 8.42 Å². The van der Waals surface area contributed by atoms with E-state index < -0.39 is 10.0 Å². The summed E-state index contributed by atoms with van der Waals surface area (Å²) < 4.78 is 29.1. The molecule has 7 nitrogen and oxygen atoms in total. The number of rotatable bonds is 6. The maximum absolute atomic E-state index is 13.2. The number of amides is 1. The second-order valence-electron chi connectivity index (χ2n) is 9.26. The summed E-state index contributed by atoms with van der Waals surface area (Å²) in [6.45, 7) is 7.32. The quantitative estimate of drug-likeness (QED) is 0.527. The van der Waals surface area contributed by atoms with Gasteiger partial charge in [0.05, 0.1) is 11.4 Å². The molecule has 1 fully saturated rings. The van der Waals surface area contributed by atoms with Crippen LogP contribution in [0, 0.1) is 6.92 Å². The summed E-state index contributed by atoms with van der Waals surface area (Å²) in [5.41, 5.74) is 2.92. The average molecular weight is 494 g/mol. The van der Waals surface area contributed by atoms with Gasteiger partial charge in [0.15, 0.2) is 0 Å². The molecule has 3 aromatic rings. The molecule has 0 unspecified atom stereocenters. The lowest BCUT2D eigenvalue weighted by molar-refractivity contribution is 0.0695. The van der Waals surface area contributed by atoms with Gasteiger partial charge in [0.2, 0.25) is 10.0 Å². The van der Waals surface area contributed by atoms with E-state index in [9.17, 15) is 18.0 Å². The van der Waals surface area contributed by atoms with Crippen molar-refractivity contribution < 1.29 is 13.2 Å². The average Bonchev–Trinajstić information content (AvgIpc) is 2.85. The third-order valence-corrected chi connectivity index (χ3v) is 8.31. The first-order valence-corrected chi connectivity index (χ1v) is 13.2. The van der Waals surface area contributed by atoms with E-state index >= 15 is 0 Å². The molecule has 1 aromatic heterocycles. The van der Waals surface area contributed by atoms with E-state index in [-0.39, 0.29) is 48.1 Å². The van der Waals surface area contributed by atoms with Gasteiger partial charge in [-0.1, -0.05) is 55.8 Å². The van der Waals surface area contributed by atoms with Crippen molar-refractivity contribution in [2.75, 3.05) is 26.2 Å². The van der Waals surface area contributed by atoms with E-state index in [0.29, 0.717) is 12.5 Å². The number of benzene rings is 2. The van der Waals surface area contributed by atoms with Gasteiger partial charge in [-0.2, -0.15) is 4.31 Å². The fourth-order valence-corrected chi connectivity index (χ4v) is 5.73. The molecular weight excluding hydrogens is 462 g/mol. The zero-order valence-corrected chi connectivity index (χ0v) is 21.2. The second kappa shape index (κ2) is 10.2. The Hall–Kier alpha value is -3.23. The highest BCUT2D eigenvalue weighted by atomic mass is 32.2. The van der Waals surface area contributed by atoms with Crippen LogP contribution < -0.4 is 5.56 Å². The van der Waals surface area contributed by atoms with Gasteiger partial charge in [0.1, 0.15) is 5.56 Å². The van der Waals surface area contributed by atoms with Crippen molar-refractivity contribution in [3.05, 3.63) is 99.5 Å². The molecule has 35 heavy (non-hydrogen) atoms. The number of pyridine rings is 1. The molecule has 1 aliphatic rings. The molecule has 1 saturated heterocycles. The smallest absolute Gasteiger partial charge is 0.263 e. The summed E-state index contributed by atoms with van der Waals surface area (Å²) >= 11 is 0. The predicted molar refractivity (Wildman–Crippen MR) is 136 cm³/mol. The van der Waals surface area contributed by atoms with Gasteiger partial charge in [-0.05, 0) is 48.2 Å². The highest BCUT2D eigenvalue weighted by Crippen LogP contribution is 2.21. The van der Waals surface area contributed by atoms with E-state index in [2.05, 4.69) is 13.8 Å². The number of nitrogens with zero attached hydrogens (tertiary/aromatic N) is 3. The summed E-state index contributed by atoms with van der Waals surface area (Å²) in [5, 5.41) is 0. The van der Waals surface area contributed by atoms with Crippen molar-refractivity contribution >= 4 is 15.9 Å².